The van der Waals surface area contributed by atoms with Crippen LogP contribution in [0.3, 0.4) is 0 Å². The van der Waals surface area contributed by atoms with Gasteiger partial charge in [0.25, 0.3) is 5.91 Å². The minimum Gasteiger partial charge on any atom is -0.451 e. The first-order valence-electron chi connectivity index (χ1n) is 5.88. The van der Waals surface area contributed by atoms with E-state index in [4.69, 9.17) is 16.0 Å². The fourth-order valence-corrected chi connectivity index (χ4v) is 2.04. The number of halogens is 2. The molecule has 0 saturated carbocycles. The summed E-state index contributed by atoms with van der Waals surface area (Å²) in [5, 5.41) is 3.40. The van der Waals surface area contributed by atoms with Gasteiger partial charge in [0.05, 0.1) is 5.02 Å². The summed E-state index contributed by atoms with van der Waals surface area (Å²) in [5.41, 5.74) is 1.04. The lowest BCUT2D eigenvalue weighted by Gasteiger charge is -2.03. The summed E-state index contributed by atoms with van der Waals surface area (Å²) in [7, 11) is 0. The van der Waals surface area contributed by atoms with Crippen LogP contribution in [0.15, 0.2) is 52.9 Å². The smallest absolute Gasteiger partial charge is 0.291 e. The highest BCUT2D eigenvalue weighted by Gasteiger charge is 2.12. The Morgan fingerprint density at radius 1 is 1.15 bits per heavy atom. The zero-order chi connectivity index (χ0) is 14.1. The van der Waals surface area contributed by atoms with Crippen LogP contribution >= 0.6 is 11.6 Å². The minimum atomic E-state index is -0.534. The molecule has 0 aliphatic rings. The van der Waals surface area contributed by atoms with Crippen LogP contribution < -0.4 is 5.32 Å². The molecule has 0 fully saturated rings. The number of hydrogen-bond acceptors (Lipinski definition) is 2. The Hall–Kier alpha value is -2.33. The largest absolute Gasteiger partial charge is 0.451 e. The van der Waals surface area contributed by atoms with Crippen molar-refractivity contribution in [3.63, 3.8) is 0 Å². The third-order valence-electron chi connectivity index (χ3n) is 2.83. The molecule has 0 aliphatic carbocycles. The first kappa shape index (κ1) is 12.7. The Kier molecular flexibility index (Phi) is 3.16. The third kappa shape index (κ3) is 2.38. The molecule has 5 heteroatoms. The van der Waals surface area contributed by atoms with Gasteiger partial charge in [-0.3, -0.25) is 4.79 Å². The van der Waals surface area contributed by atoms with Gasteiger partial charge in [-0.2, -0.15) is 0 Å². The minimum absolute atomic E-state index is 0.0487. The van der Waals surface area contributed by atoms with Gasteiger partial charge in [0.15, 0.2) is 5.76 Å². The maximum Gasteiger partial charge on any atom is 0.291 e. The molecule has 0 atom stereocenters. The number of furan rings is 1. The molecule has 2 aromatic carbocycles. The van der Waals surface area contributed by atoms with E-state index in [1.54, 1.807) is 12.1 Å². The van der Waals surface area contributed by atoms with Gasteiger partial charge < -0.3 is 9.73 Å². The molecule has 1 aromatic heterocycles. The fraction of sp³-hybridized carbons (Fsp3) is 0. The molecule has 0 saturated heterocycles. The highest BCUT2D eigenvalue weighted by Crippen LogP contribution is 2.22. The average molecular weight is 290 g/mol. The van der Waals surface area contributed by atoms with Gasteiger partial charge in [-0.05, 0) is 30.3 Å². The van der Waals surface area contributed by atoms with Gasteiger partial charge in [0, 0.05) is 11.1 Å². The number of hydrogen-bond donors (Lipinski definition) is 1. The van der Waals surface area contributed by atoms with E-state index in [0.29, 0.717) is 11.3 Å². The van der Waals surface area contributed by atoms with E-state index < -0.39 is 11.7 Å². The van der Waals surface area contributed by atoms with Crippen LogP contribution in [0.2, 0.25) is 5.02 Å². The maximum atomic E-state index is 13.0. The molecule has 0 spiro atoms. The summed E-state index contributed by atoms with van der Waals surface area (Å²) in [6.45, 7) is 0. The van der Waals surface area contributed by atoms with E-state index in [0.717, 1.165) is 5.39 Å². The Morgan fingerprint density at radius 3 is 2.70 bits per heavy atom. The van der Waals surface area contributed by atoms with Crippen LogP contribution in [0.5, 0.6) is 0 Å². The lowest BCUT2D eigenvalue weighted by Crippen LogP contribution is -2.10. The number of nitrogens with one attached hydrogen (secondary N) is 1. The number of amides is 1. The third-order valence-corrected chi connectivity index (χ3v) is 3.12. The van der Waals surface area contributed by atoms with Gasteiger partial charge in [-0.25, -0.2) is 4.39 Å². The van der Waals surface area contributed by atoms with Crippen molar-refractivity contribution in [3.8, 4) is 0 Å². The molecule has 1 N–H and O–H groups in total. The number of rotatable bonds is 2. The molecule has 0 bridgehead atoms. The lowest BCUT2D eigenvalue weighted by atomic mass is 10.2. The molecule has 20 heavy (non-hydrogen) atoms. The van der Waals surface area contributed by atoms with Gasteiger partial charge >= 0.3 is 0 Å². The molecule has 1 heterocycles. The summed E-state index contributed by atoms with van der Waals surface area (Å²) in [4.78, 5) is 12.0. The van der Waals surface area contributed by atoms with Crippen LogP contribution in [0.1, 0.15) is 10.6 Å². The SMILES string of the molecule is O=C(Nc1ccc(F)c(Cl)c1)c1cc2ccccc2o1. The van der Waals surface area contributed by atoms with E-state index in [1.807, 2.05) is 18.2 Å². The van der Waals surface area contributed by atoms with Crippen molar-refractivity contribution >= 4 is 34.2 Å². The van der Waals surface area contributed by atoms with Crippen LogP contribution in [0.4, 0.5) is 10.1 Å². The van der Waals surface area contributed by atoms with Crippen molar-refractivity contribution in [3.05, 3.63) is 65.1 Å². The molecule has 100 valence electrons. The topological polar surface area (TPSA) is 42.2 Å². The van der Waals surface area contributed by atoms with Crippen LogP contribution in [0, 0.1) is 5.82 Å². The summed E-state index contributed by atoms with van der Waals surface area (Å²) >= 11 is 5.66. The number of carbonyl (C=O) groups is 1. The van der Waals surface area contributed by atoms with Crippen LogP contribution in [-0.2, 0) is 0 Å². The van der Waals surface area contributed by atoms with Crippen LogP contribution in [0.25, 0.3) is 11.0 Å². The van der Waals surface area contributed by atoms with E-state index >= 15 is 0 Å². The highest BCUT2D eigenvalue weighted by atomic mass is 35.5. The van der Waals surface area contributed by atoms with Gasteiger partial charge in [-0.15, -0.1) is 0 Å². The summed E-state index contributed by atoms with van der Waals surface area (Å²) in [5.74, 6) is -0.760. The molecule has 1 amide bonds. The monoisotopic (exact) mass is 289 g/mol. The summed E-state index contributed by atoms with van der Waals surface area (Å²) in [6, 6.07) is 12.9. The van der Waals surface area contributed by atoms with Crippen LogP contribution in [-0.4, -0.2) is 5.91 Å². The van der Waals surface area contributed by atoms with E-state index in [2.05, 4.69) is 5.32 Å². The second-order valence-electron chi connectivity index (χ2n) is 4.23. The summed E-state index contributed by atoms with van der Waals surface area (Å²) in [6.07, 6.45) is 0. The van der Waals surface area contributed by atoms with Crippen molar-refractivity contribution in [2.45, 2.75) is 0 Å². The number of carbonyl (C=O) groups excluding carboxylic acids is 1. The Labute approximate surface area is 119 Å². The average Bonchev–Trinajstić information content (AvgIpc) is 2.87. The predicted molar refractivity (Wildman–Crippen MR) is 75.6 cm³/mol. The molecular weight excluding hydrogens is 281 g/mol. The maximum absolute atomic E-state index is 13.0. The zero-order valence-electron chi connectivity index (χ0n) is 10.2. The molecule has 3 nitrogen and oxygen atoms in total. The van der Waals surface area contributed by atoms with Crippen molar-refractivity contribution in [2.24, 2.45) is 0 Å². The fourth-order valence-electron chi connectivity index (χ4n) is 1.86. The quantitative estimate of drug-likeness (QED) is 0.756. The van der Waals surface area contributed by atoms with Gasteiger partial charge in [0.2, 0.25) is 0 Å². The predicted octanol–water partition coefficient (Wildman–Crippen LogP) is 4.48. The molecule has 0 unspecified atom stereocenters. The molecule has 0 aliphatic heterocycles. The Morgan fingerprint density at radius 2 is 1.95 bits per heavy atom. The van der Waals surface area contributed by atoms with E-state index in [-0.39, 0.29) is 10.8 Å². The molecule has 3 aromatic rings. The standard InChI is InChI=1S/C15H9ClFNO2/c16-11-8-10(5-6-12(11)17)18-15(19)14-7-9-3-1-2-4-13(9)20-14/h1-8H,(H,18,19). The van der Waals surface area contributed by atoms with Crippen molar-refractivity contribution in [1.82, 2.24) is 0 Å². The Bertz CT molecular complexity index is 764. The van der Waals surface area contributed by atoms with E-state index in [1.165, 1.54) is 18.2 Å². The van der Waals surface area contributed by atoms with Crippen molar-refractivity contribution < 1.29 is 13.6 Å². The summed E-state index contributed by atoms with van der Waals surface area (Å²) < 4.78 is 18.5. The second-order valence-corrected chi connectivity index (χ2v) is 4.64. The van der Waals surface area contributed by atoms with E-state index in [9.17, 15) is 9.18 Å². The first-order chi connectivity index (χ1) is 9.63. The lowest BCUT2D eigenvalue weighted by molar-refractivity contribution is 0.0998. The highest BCUT2D eigenvalue weighted by molar-refractivity contribution is 6.31. The molecule has 3 rings (SSSR count). The molecular formula is C15H9ClFNO2. The number of fused-ring (bicyclic) bond motifs is 1. The van der Waals surface area contributed by atoms with Gasteiger partial charge in [-0.1, -0.05) is 29.8 Å². The van der Waals surface area contributed by atoms with Crippen molar-refractivity contribution in [2.75, 3.05) is 5.32 Å². The number of benzene rings is 2. The van der Waals surface area contributed by atoms with Crippen molar-refractivity contribution in [1.29, 1.82) is 0 Å². The molecule has 0 radical (unpaired) electrons. The number of anilines is 1. The zero-order valence-corrected chi connectivity index (χ0v) is 10.9. The second kappa shape index (κ2) is 4.98. The van der Waals surface area contributed by atoms with Gasteiger partial charge in [0.1, 0.15) is 11.4 Å². The Balaban J connectivity index is 1.86. The first-order valence-corrected chi connectivity index (χ1v) is 6.26. The normalized spacial score (nSPS) is 10.7. The number of para-hydroxylation sites is 1.